The van der Waals surface area contributed by atoms with Crippen molar-refractivity contribution in [3.05, 3.63) is 17.5 Å². The zero-order valence-electron chi connectivity index (χ0n) is 16.6. The molecule has 1 aromatic heterocycles. The molecule has 0 aliphatic carbocycles. The van der Waals surface area contributed by atoms with E-state index in [9.17, 15) is 13.2 Å². The Morgan fingerprint density at radius 2 is 1.63 bits per heavy atom. The summed E-state index contributed by atoms with van der Waals surface area (Å²) in [5.41, 5.74) is 1.87. The summed E-state index contributed by atoms with van der Waals surface area (Å²) < 4.78 is 30.6. The lowest BCUT2D eigenvalue weighted by molar-refractivity contribution is -0.136. The van der Waals surface area contributed by atoms with Gasteiger partial charge in [0.15, 0.2) is 0 Å². The Labute approximate surface area is 162 Å². The summed E-state index contributed by atoms with van der Waals surface area (Å²) in [5, 5.41) is 4.47. The van der Waals surface area contributed by atoms with Gasteiger partial charge >= 0.3 is 0 Å². The maximum atomic E-state index is 13.0. The van der Waals surface area contributed by atoms with Gasteiger partial charge in [0, 0.05) is 45.0 Å². The lowest BCUT2D eigenvalue weighted by Crippen LogP contribution is -2.55. The summed E-state index contributed by atoms with van der Waals surface area (Å²) in [4.78, 5) is 14.8. The van der Waals surface area contributed by atoms with Gasteiger partial charge in [0.25, 0.3) is 10.2 Å². The van der Waals surface area contributed by atoms with Crippen molar-refractivity contribution in [2.45, 2.75) is 52.5 Å². The predicted molar refractivity (Wildman–Crippen MR) is 104 cm³/mol. The first-order valence-electron chi connectivity index (χ1n) is 9.91. The fourth-order valence-electron chi connectivity index (χ4n) is 4.02. The van der Waals surface area contributed by atoms with E-state index < -0.39 is 10.2 Å². The molecule has 152 valence electrons. The second-order valence-electron chi connectivity index (χ2n) is 7.49. The first-order valence-corrected chi connectivity index (χ1v) is 11.3. The Kier molecular flexibility index (Phi) is 6.22. The molecule has 1 atom stereocenters. The Hall–Kier alpha value is -1.45. The lowest BCUT2D eigenvalue weighted by Gasteiger charge is -2.38. The molecule has 2 saturated heterocycles. The monoisotopic (exact) mass is 397 g/mol. The number of hydrogen-bond donors (Lipinski definition) is 0. The standard InChI is InChI=1S/C18H31N5O3S/c1-4-17(23-16(3)14-15(2)19-23)18(24)20-10-12-22(13-11-20)27(25,26)21-8-6-5-7-9-21/h14,17H,4-13H2,1-3H3/t17-/m0/s1. The SMILES string of the molecule is CC[C@@H](C(=O)N1CCN(S(=O)(=O)N2CCCCC2)CC1)n1nc(C)cc1C. The summed E-state index contributed by atoms with van der Waals surface area (Å²) in [7, 11) is -3.40. The van der Waals surface area contributed by atoms with E-state index in [2.05, 4.69) is 5.10 Å². The van der Waals surface area contributed by atoms with E-state index in [-0.39, 0.29) is 11.9 Å². The highest BCUT2D eigenvalue weighted by Crippen LogP contribution is 2.21. The highest BCUT2D eigenvalue weighted by atomic mass is 32.2. The van der Waals surface area contributed by atoms with Gasteiger partial charge in [-0.15, -0.1) is 0 Å². The third kappa shape index (κ3) is 4.20. The quantitative estimate of drug-likeness (QED) is 0.751. The van der Waals surface area contributed by atoms with Gasteiger partial charge in [-0.3, -0.25) is 9.48 Å². The zero-order chi connectivity index (χ0) is 19.6. The number of piperazine rings is 1. The van der Waals surface area contributed by atoms with Crippen molar-refractivity contribution in [3.63, 3.8) is 0 Å². The van der Waals surface area contributed by atoms with Crippen LogP contribution in [0.3, 0.4) is 0 Å². The van der Waals surface area contributed by atoms with E-state index in [1.54, 1.807) is 13.9 Å². The Morgan fingerprint density at radius 1 is 1.04 bits per heavy atom. The number of amides is 1. The minimum absolute atomic E-state index is 0.0266. The minimum Gasteiger partial charge on any atom is -0.338 e. The van der Waals surface area contributed by atoms with Gasteiger partial charge < -0.3 is 4.90 Å². The van der Waals surface area contributed by atoms with Crippen molar-refractivity contribution in [1.82, 2.24) is 23.3 Å². The highest BCUT2D eigenvalue weighted by molar-refractivity contribution is 7.86. The Bertz CT molecular complexity index is 762. The second kappa shape index (κ2) is 8.28. The van der Waals surface area contributed by atoms with Crippen molar-refractivity contribution in [1.29, 1.82) is 0 Å². The molecule has 0 bridgehead atoms. The molecule has 0 unspecified atom stereocenters. The molecule has 0 N–H and O–H groups in total. The molecule has 0 aromatic carbocycles. The van der Waals surface area contributed by atoms with Gasteiger partial charge in [0.05, 0.1) is 5.69 Å². The van der Waals surface area contributed by atoms with Crippen molar-refractivity contribution in [2.75, 3.05) is 39.3 Å². The number of aryl methyl sites for hydroxylation is 2. The van der Waals surface area contributed by atoms with Gasteiger partial charge in [-0.25, -0.2) is 0 Å². The molecular formula is C18H31N5O3S. The third-order valence-electron chi connectivity index (χ3n) is 5.53. The molecule has 1 aromatic rings. The van der Waals surface area contributed by atoms with Crippen LogP contribution in [0.4, 0.5) is 0 Å². The van der Waals surface area contributed by atoms with Crippen LogP contribution >= 0.6 is 0 Å². The molecule has 3 heterocycles. The fraction of sp³-hybridized carbons (Fsp3) is 0.778. The average molecular weight is 398 g/mol. The van der Waals surface area contributed by atoms with Crippen LogP contribution < -0.4 is 0 Å². The normalized spacial score (nSPS) is 21.4. The largest absolute Gasteiger partial charge is 0.338 e. The lowest BCUT2D eigenvalue weighted by atomic mass is 10.1. The molecule has 3 rings (SSSR count). The summed E-state index contributed by atoms with van der Waals surface area (Å²) in [5.74, 6) is 0.0266. The van der Waals surface area contributed by atoms with Gasteiger partial charge in [-0.2, -0.15) is 22.1 Å². The minimum atomic E-state index is -3.40. The summed E-state index contributed by atoms with van der Waals surface area (Å²) >= 11 is 0. The number of nitrogens with zero attached hydrogens (tertiary/aromatic N) is 5. The maximum Gasteiger partial charge on any atom is 0.282 e. The third-order valence-corrected chi connectivity index (χ3v) is 7.56. The molecule has 8 nitrogen and oxygen atoms in total. The van der Waals surface area contributed by atoms with E-state index in [0.29, 0.717) is 45.7 Å². The van der Waals surface area contributed by atoms with Gasteiger partial charge in [0.1, 0.15) is 6.04 Å². The van der Waals surface area contributed by atoms with Crippen LogP contribution in [0, 0.1) is 13.8 Å². The van der Waals surface area contributed by atoms with Crippen molar-refractivity contribution in [3.8, 4) is 0 Å². The summed E-state index contributed by atoms with van der Waals surface area (Å²) in [6.45, 7) is 8.66. The predicted octanol–water partition coefficient (Wildman–Crippen LogP) is 1.33. The van der Waals surface area contributed by atoms with Crippen LogP contribution in [0.2, 0.25) is 0 Å². The van der Waals surface area contributed by atoms with Crippen LogP contribution in [-0.4, -0.2) is 76.9 Å². The van der Waals surface area contributed by atoms with Gasteiger partial charge in [0.2, 0.25) is 5.91 Å². The molecule has 2 fully saturated rings. The van der Waals surface area contributed by atoms with E-state index in [0.717, 1.165) is 30.7 Å². The molecule has 0 saturated carbocycles. The first kappa shape index (κ1) is 20.3. The number of carbonyl (C=O) groups is 1. The van der Waals surface area contributed by atoms with Crippen LogP contribution in [0.1, 0.15) is 50.0 Å². The maximum absolute atomic E-state index is 13.0. The smallest absolute Gasteiger partial charge is 0.282 e. The number of rotatable bonds is 5. The van der Waals surface area contributed by atoms with Crippen LogP contribution in [-0.2, 0) is 15.0 Å². The molecule has 27 heavy (non-hydrogen) atoms. The van der Waals surface area contributed by atoms with E-state index in [1.807, 2.05) is 26.8 Å². The Morgan fingerprint density at radius 3 is 2.15 bits per heavy atom. The molecule has 2 aliphatic rings. The fourth-order valence-corrected chi connectivity index (χ4v) is 5.69. The number of aromatic nitrogens is 2. The molecule has 9 heteroatoms. The summed E-state index contributed by atoms with van der Waals surface area (Å²) in [6.07, 6.45) is 3.61. The van der Waals surface area contributed by atoms with Crippen LogP contribution in [0.15, 0.2) is 6.07 Å². The average Bonchev–Trinajstić information content (AvgIpc) is 3.01. The number of hydrogen-bond acceptors (Lipinski definition) is 4. The molecule has 0 radical (unpaired) electrons. The molecular weight excluding hydrogens is 366 g/mol. The molecule has 1 amide bonds. The van der Waals surface area contributed by atoms with E-state index >= 15 is 0 Å². The van der Waals surface area contributed by atoms with Gasteiger partial charge in [-0.05, 0) is 39.2 Å². The summed E-state index contributed by atoms with van der Waals surface area (Å²) in [6, 6.07) is 1.64. The zero-order valence-corrected chi connectivity index (χ0v) is 17.4. The number of carbonyl (C=O) groups excluding carboxylic acids is 1. The second-order valence-corrected chi connectivity index (χ2v) is 9.42. The number of piperidine rings is 1. The van der Waals surface area contributed by atoms with E-state index in [1.165, 1.54) is 4.31 Å². The van der Waals surface area contributed by atoms with Crippen molar-refractivity contribution in [2.24, 2.45) is 0 Å². The van der Waals surface area contributed by atoms with E-state index in [4.69, 9.17) is 0 Å². The van der Waals surface area contributed by atoms with Crippen LogP contribution in [0.5, 0.6) is 0 Å². The topological polar surface area (TPSA) is 78.8 Å². The molecule has 0 spiro atoms. The molecule has 2 aliphatic heterocycles. The first-order chi connectivity index (χ1) is 12.8. The van der Waals surface area contributed by atoms with Gasteiger partial charge in [-0.1, -0.05) is 13.3 Å². The highest BCUT2D eigenvalue weighted by Gasteiger charge is 2.35. The Balaban J connectivity index is 1.64. The van der Waals surface area contributed by atoms with Crippen LogP contribution in [0.25, 0.3) is 0 Å². The van der Waals surface area contributed by atoms with Crippen molar-refractivity contribution >= 4 is 16.1 Å². The van der Waals surface area contributed by atoms with Crippen molar-refractivity contribution < 1.29 is 13.2 Å².